The van der Waals surface area contributed by atoms with Crippen molar-refractivity contribution in [1.82, 2.24) is 0 Å². The molecule has 0 saturated heterocycles. The van der Waals surface area contributed by atoms with Gasteiger partial charge in [0, 0.05) is 18.8 Å². The Kier molecular flexibility index (Phi) is 3.30. The number of nitrogens with one attached hydrogen (secondary N) is 1. The molecule has 1 heterocycles. The lowest BCUT2D eigenvalue weighted by Crippen LogP contribution is -2.30. The summed E-state index contributed by atoms with van der Waals surface area (Å²) >= 11 is 0. The van der Waals surface area contributed by atoms with Gasteiger partial charge in [0.1, 0.15) is 0 Å². The van der Waals surface area contributed by atoms with Gasteiger partial charge in [-0.3, -0.25) is 0 Å². The number of hydrogen-bond donors (Lipinski definition) is 1. The van der Waals surface area contributed by atoms with Crippen LogP contribution in [0.5, 0.6) is 0 Å². The molecule has 2 aromatic carbocycles. The minimum Gasteiger partial charge on any atom is -0.382 e. The van der Waals surface area contributed by atoms with Gasteiger partial charge in [0.15, 0.2) is 0 Å². The maximum absolute atomic E-state index is 9.01. The number of hydrogen-bond acceptors (Lipinski definition) is 3. The Labute approximate surface area is 119 Å². The van der Waals surface area contributed by atoms with E-state index in [0.717, 1.165) is 30.9 Å². The van der Waals surface area contributed by atoms with Crippen LogP contribution in [-0.4, -0.2) is 13.1 Å². The molecule has 100 valence electrons. The largest absolute Gasteiger partial charge is 0.382 e. The van der Waals surface area contributed by atoms with E-state index in [0.29, 0.717) is 5.56 Å². The van der Waals surface area contributed by atoms with Gasteiger partial charge in [-0.2, -0.15) is 5.26 Å². The zero-order valence-electron chi connectivity index (χ0n) is 11.6. The van der Waals surface area contributed by atoms with Gasteiger partial charge in [0.05, 0.1) is 23.0 Å². The summed E-state index contributed by atoms with van der Waals surface area (Å²) in [4.78, 5) is 2.34. The number of aryl methyl sites for hydroxylation is 1. The van der Waals surface area contributed by atoms with E-state index < -0.39 is 0 Å². The first-order valence-electron chi connectivity index (χ1n) is 6.97. The Morgan fingerprint density at radius 3 is 2.85 bits per heavy atom. The Bertz CT molecular complexity index is 670. The van der Waals surface area contributed by atoms with E-state index >= 15 is 0 Å². The molecule has 0 aliphatic carbocycles. The Hall–Kier alpha value is -2.47. The van der Waals surface area contributed by atoms with Crippen LogP contribution in [0.2, 0.25) is 0 Å². The molecule has 1 aliphatic heterocycles. The van der Waals surface area contributed by atoms with Crippen LogP contribution in [0.4, 0.5) is 17.1 Å². The maximum Gasteiger partial charge on any atom is 0.0992 e. The molecule has 0 spiro atoms. The highest BCUT2D eigenvalue weighted by atomic mass is 15.2. The lowest BCUT2D eigenvalue weighted by molar-refractivity contribution is 0.915. The topological polar surface area (TPSA) is 39.1 Å². The molecule has 0 unspecified atom stereocenters. The number of fused-ring (bicyclic) bond motifs is 1. The monoisotopic (exact) mass is 263 g/mol. The number of anilines is 3. The SMILES string of the molecule is CCc1ccccc1N1CCNc2cc(C#N)ccc21. The van der Waals surface area contributed by atoms with E-state index in [9.17, 15) is 0 Å². The zero-order chi connectivity index (χ0) is 13.9. The van der Waals surface area contributed by atoms with Crippen LogP contribution in [0.1, 0.15) is 18.1 Å². The first kappa shape index (κ1) is 12.6. The molecule has 0 saturated carbocycles. The predicted octanol–water partition coefficient (Wildman–Crippen LogP) is 3.68. The smallest absolute Gasteiger partial charge is 0.0992 e. The third kappa shape index (κ3) is 2.10. The molecule has 3 nitrogen and oxygen atoms in total. The summed E-state index contributed by atoms with van der Waals surface area (Å²) in [5.74, 6) is 0. The van der Waals surface area contributed by atoms with Gasteiger partial charge in [0.25, 0.3) is 0 Å². The molecule has 2 aromatic rings. The molecule has 0 fully saturated rings. The van der Waals surface area contributed by atoms with Crippen LogP contribution < -0.4 is 10.2 Å². The molecule has 1 N–H and O–H groups in total. The van der Waals surface area contributed by atoms with Crippen molar-refractivity contribution in [3.05, 3.63) is 53.6 Å². The Morgan fingerprint density at radius 2 is 2.05 bits per heavy atom. The van der Waals surface area contributed by atoms with E-state index in [1.165, 1.54) is 11.3 Å². The normalized spacial score (nSPS) is 13.3. The Balaban J connectivity index is 2.08. The van der Waals surface area contributed by atoms with Crippen LogP contribution in [0.3, 0.4) is 0 Å². The quantitative estimate of drug-likeness (QED) is 0.898. The molecular weight excluding hydrogens is 246 g/mol. The lowest BCUT2D eigenvalue weighted by atomic mass is 10.1. The van der Waals surface area contributed by atoms with Gasteiger partial charge in [-0.15, -0.1) is 0 Å². The van der Waals surface area contributed by atoms with Crippen molar-refractivity contribution in [3.63, 3.8) is 0 Å². The van der Waals surface area contributed by atoms with Crippen molar-refractivity contribution in [2.24, 2.45) is 0 Å². The van der Waals surface area contributed by atoms with Crippen LogP contribution in [0, 0.1) is 11.3 Å². The number of para-hydroxylation sites is 1. The molecule has 20 heavy (non-hydrogen) atoms. The van der Waals surface area contributed by atoms with Crippen molar-refractivity contribution in [2.75, 3.05) is 23.3 Å². The molecule has 0 bridgehead atoms. The fourth-order valence-electron chi connectivity index (χ4n) is 2.73. The summed E-state index contributed by atoms with van der Waals surface area (Å²) in [5.41, 5.74) is 5.51. The summed E-state index contributed by atoms with van der Waals surface area (Å²) in [5, 5.41) is 12.4. The van der Waals surface area contributed by atoms with Crippen molar-refractivity contribution < 1.29 is 0 Å². The summed E-state index contributed by atoms with van der Waals surface area (Å²) in [7, 11) is 0. The number of nitriles is 1. The van der Waals surface area contributed by atoms with E-state index in [2.05, 4.69) is 47.5 Å². The van der Waals surface area contributed by atoms with Crippen LogP contribution in [-0.2, 0) is 6.42 Å². The number of rotatable bonds is 2. The minimum atomic E-state index is 0.696. The predicted molar refractivity (Wildman–Crippen MR) is 82.5 cm³/mol. The van der Waals surface area contributed by atoms with E-state index in [4.69, 9.17) is 5.26 Å². The number of nitrogens with zero attached hydrogens (tertiary/aromatic N) is 2. The molecular formula is C17H17N3. The molecule has 0 aromatic heterocycles. The van der Waals surface area contributed by atoms with Gasteiger partial charge in [-0.25, -0.2) is 0 Å². The van der Waals surface area contributed by atoms with Crippen LogP contribution in [0.25, 0.3) is 0 Å². The molecule has 0 amide bonds. The standard InChI is InChI=1S/C17H17N3/c1-2-14-5-3-4-6-16(14)20-10-9-19-15-11-13(12-18)7-8-17(15)20/h3-8,11,19H,2,9-10H2,1H3. The van der Waals surface area contributed by atoms with Crippen molar-refractivity contribution >= 4 is 17.1 Å². The minimum absolute atomic E-state index is 0.696. The van der Waals surface area contributed by atoms with Gasteiger partial charge in [0.2, 0.25) is 0 Å². The summed E-state index contributed by atoms with van der Waals surface area (Å²) in [6.45, 7) is 4.01. The van der Waals surface area contributed by atoms with Crippen molar-refractivity contribution in [2.45, 2.75) is 13.3 Å². The fraction of sp³-hybridized carbons (Fsp3) is 0.235. The van der Waals surface area contributed by atoms with Gasteiger partial charge in [-0.05, 0) is 36.2 Å². The molecule has 3 rings (SSSR count). The van der Waals surface area contributed by atoms with Crippen LogP contribution >= 0.6 is 0 Å². The average molecular weight is 263 g/mol. The highest BCUT2D eigenvalue weighted by Crippen LogP contribution is 2.36. The highest BCUT2D eigenvalue weighted by molar-refractivity contribution is 5.80. The van der Waals surface area contributed by atoms with Crippen molar-refractivity contribution in [1.29, 1.82) is 5.26 Å². The van der Waals surface area contributed by atoms with E-state index in [-0.39, 0.29) is 0 Å². The summed E-state index contributed by atoms with van der Waals surface area (Å²) in [6.07, 6.45) is 1.02. The summed E-state index contributed by atoms with van der Waals surface area (Å²) in [6, 6.07) is 16.6. The zero-order valence-corrected chi connectivity index (χ0v) is 11.6. The van der Waals surface area contributed by atoms with Gasteiger partial charge < -0.3 is 10.2 Å². The lowest BCUT2D eigenvalue weighted by Gasteiger charge is -2.33. The molecule has 1 aliphatic rings. The van der Waals surface area contributed by atoms with E-state index in [1.807, 2.05) is 18.2 Å². The first-order valence-corrected chi connectivity index (χ1v) is 6.97. The summed E-state index contributed by atoms with van der Waals surface area (Å²) < 4.78 is 0. The molecule has 3 heteroatoms. The highest BCUT2D eigenvalue weighted by Gasteiger charge is 2.19. The molecule has 0 radical (unpaired) electrons. The van der Waals surface area contributed by atoms with E-state index in [1.54, 1.807) is 0 Å². The first-order chi connectivity index (χ1) is 9.83. The maximum atomic E-state index is 9.01. The van der Waals surface area contributed by atoms with Crippen LogP contribution in [0.15, 0.2) is 42.5 Å². The number of benzene rings is 2. The molecule has 0 atom stereocenters. The Morgan fingerprint density at radius 1 is 1.20 bits per heavy atom. The van der Waals surface area contributed by atoms with Gasteiger partial charge >= 0.3 is 0 Å². The van der Waals surface area contributed by atoms with Crippen molar-refractivity contribution in [3.8, 4) is 6.07 Å². The second-order valence-electron chi connectivity index (χ2n) is 4.90. The average Bonchev–Trinajstić information content (AvgIpc) is 2.53. The third-order valence-electron chi connectivity index (χ3n) is 3.73. The van der Waals surface area contributed by atoms with Gasteiger partial charge in [-0.1, -0.05) is 25.1 Å². The third-order valence-corrected chi connectivity index (χ3v) is 3.73. The second-order valence-corrected chi connectivity index (χ2v) is 4.90. The second kappa shape index (κ2) is 5.26. The fourth-order valence-corrected chi connectivity index (χ4v) is 2.73.